The largest absolute Gasteiger partial charge is 0.324 e. The number of nitrogens with one attached hydrogen (secondary N) is 1. The number of likely N-dealkylation sites (N-methyl/N-ethyl adjacent to an activating group) is 1. The molecule has 0 aliphatic heterocycles. The van der Waals surface area contributed by atoms with Crippen molar-refractivity contribution in [2.45, 2.75) is 25.3 Å². The highest BCUT2D eigenvalue weighted by molar-refractivity contribution is 9.10. The van der Waals surface area contributed by atoms with Gasteiger partial charge in [0, 0.05) is 22.6 Å². The number of non-ortho nitro benzene ring substituents is 1. The topological polar surface area (TPSA) is 75.5 Å². The standard InChI is InChI=1S/C19H20BrN3O3/c1-22(18-8-4-6-13-5-2-3-7-15(13)18)12-19(24)21-17-10-9-14(23(25)26)11-16(17)20/h2-3,5,7,9-11,18H,4,6,8,12H2,1H3,(H,21,24). The molecule has 26 heavy (non-hydrogen) atoms. The van der Waals surface area contributed by atoms with Gasteiger partial charge in [0.1, 0.15) is 0 Å². The van der Waals surface area contributed by atoms with E-state index >= 15 is 0 Å². The Morgan fingerprint density at radius 1 is 1.35 bits per heavy atom. The number of carbonyl (C=O) groups is 1. The summed E-state index contributed by atoms with van der Waals surface area (Å²) < 4.78 is 0.491. The SMILES string of the molecule is CN(CC(=O)Nc1ccc([N+](=O)[O-])cc1Br)C1CCCc2ccccc21. The van der Waals surface area contributed by atoms with Crippen molar-refractivity contribution in [1.82, 2.24) is 4.90 Å². The first-order valence-electron chi connectivity index (χ1n) is 8.47. The summed E-state index contributed by atoms with van der Waals surface area (Å²) in [5.41, 5.74) is 3.16. The molecule has 0 bridgehead atoms. The van der Waals surface area contributed by atoms with Crippen LogP contribution in [0.15, 0.2) is 46.9 Å². The number of nitro groups is 1. The van der Waals surface area contributed by atoms with E-state index < -0.39 is 4.92 Å². The van der Waals surface area contributed by atoms with Gasteiger partial charge >= 0.3 is 0 Å². The highest BCUT2D eigenvalue weighted by Crippen LogP contribution is 2.33. The second-order valence-electron chi connectivity index (χ2n) is 6.49. The van der Waals surface area contributed by atoms with Gasteiger partial charge in [0.05, 0.1) is 17.2 Å². The van der Waals surface area contributed by atoms with Crippen LogP contribution >= 0.6 is 15.9 Å². The van der Waals surface area contributed by atoms with Crippen LogP contribution in [-0.2, 0) is 11.2 Å². The van der Waals surface area contributed by atoms with Crippen LogP contribution in [-0.4, -0.2) is 29.3 Å². The van der Waals surface area contributed by atoms with Crippen molar-refractivity contribution in [3.8, 4) is 0 Å². The van der Waals surface area contributed by atoms with E-state index in [1.165, 1.54) is 29.3 Å². The summed E-state index contributed by atoms with van der Waals surface area (Å²) in [6.07, 6.45) is 3.23. The van der Waals surface area contributed by atoms with Crippen molar-refractivity contribution in [3.63, 3.8) is 0 Å². The molecule has 1 aliphatic rings. The minimum absolute atomic E-state index is 0.0224. The molecule has 7 heteroatoms. The lowest BCUT2D eigenvalue weighted by atomic mass is 9.87. The maximum absolute atomic E-state index is 12.4. The summed E-state index contributed by atoms with van der Waals surface area (Å²) in [5.74, 6) is -0.148. The summed E-state index contributed by atoms with van der Waals surface area (Å²) in [7, 11) is 1.96. The van der Waals surface area contributed by atoms with Crippen LogP contribution in [0.1, 0.15) is 30.0 Å². The smallest absolute Gasteiger partial charge is 0.270 e. The number of carbonyl (C=O) groups excluding carboxylic acids is 1. The fraction of sp³-hybridized carbons (Fsp3) is 0.316. The third-order valence-corrected chi connectivity index (χ3v) is 5.36. The predicted molar refractivity (Wildman–Crippen MR) is 104 cm³/mol. The lowest BCUT2D eigenvalue weighted by molar-refractivity contribution is -0.384. The van der Waals surface area contributed by atoms with E-state index in [0.29, 0.717) is 10.2 Å². The first kappa shape index (κ1) is 18.5. The number of halogens is 1. The van der Waals surface area contributed by atoms with E-state index in [4.69, 9.17) is 0 Å². The zero-order valence-electron chi connectivity index (χ0n) is 14.4. The molecule has 0 saturated carbocycles. The first-order chi connectivity index (χ1) is 12.5. The lowest BCUT2D eigenvalue weighted by Crippen LogP contribution is -2.35. The quantitative estimate of drug-likeness (QED) is 0.580. The normalized spacial score (nSPS) is 16.2. The Balaban J connectivity index is 1.66. The van der Waals surface area contributed by atoms with Gasteiger partial charge in [-0.1, -0.05) is 24.3 Å². The zero-order valence-corrected chi connectivity index (χ0v) is 16.0. The van der Waals surface area contributed by atoms with E-state index in [1.807, 2.05) is 13.1 Å². The Bertz CT molecular complexity index is 841. The Labute approximate surface area is 160 Å². The van der Waals surface area contributed by atoms with Gasteiger partial charge in [-0.15, -0.1) is 0 Å². The average molecular weight is 418 g/mol. The molecule has 3 rings (SSSR count). The number of benzene rings is 2. The first-order valence-corrected chi connectivity index (χ1v) is 9.27. The summed E-state index contributed by atoms with van der Waals surface area (Å²) in [6.45, 7) is 0.252. The highest BCUT2D eigenvalue weighted by Gasteiger charge is 2.24. The van der Waals surface area contributed by atoms with Gasteiger partial charge in [0.25, 0.3) is 5.69 Å². The summed E-state index contributed by atoms with van der Waals surface area (Å²) in [6, 6.07) is 12.9. The highest BCUT2D eigenvalue weighted by atomic mass is 79.9. The summed E-state index contributed by atoms with van der Waals surface area (Å²) in [5, 5.41) is 13.6. The molecule has 1 amide bonds. The number of anilines is 1. The van der Waals surface area contributed by atoms with Crippen LogP contribution < -0.4 is 5.32 Å². The average Bonchev–Trinajstić information content (AvgIpc) is 2.62. The Morgan fingerprint density at radius 2 is 2.12 bits per heavy atom. The van der Waals surface area contributed by atoms with Crippen LogP contribution in [0.5, 0.6) is 0 Å². The van der Waals surface area contributed by atoms with Crippen molar-refractivity contribution in [3.05, 3.63) is 68.2 Å². The predicted octanol–water partition coefficient (Wildman–Crippen LogP) is 4.31. The van der Waals surface area contributed by atoms with Crippen LogP contribution in [0, 0.1) is 10.1 Å². The van der Waals surface area contributed by atoms with E-state index in [1.54, 1.807) is 0 Å². The molecule has 2 aromatic carbocycles. The van der Waals surface area contributed by atoms with Crippen molar-refractivity contribution >= 4 is 33.2 Å². The third kappa shape index (κ3) is 4.11. The molecule has 1 aliphatic carbocycles. The minimum atomic E-state index is -0.468. The van der Waals surface area contributed by atoms with E-state index in [-0.39, 0.29) is 24.2 Å². The van der Waals surface area contributed by atoms with Gasteiger partial charge in [-0.3, -0.25) is 19.8 Å². The number of nitrogens with zero attached hydrogens (tertiary/aromatic N) is 2. The monoisotopic (exact) mass is 417 g/mol. The van der Waals surface area contributed by atoms with Crippen LogP contribution in [0.4, 0.5) is 11.4 Å². The number of hydrogen-bond acceptors (Lipinski definition) is 4. The molecule has 0 aromatic heterocycles. The molecular formula is C19H20BrN3O3. The molecular weight excluding hydrogens is 398 g/mol. The second kappa shape index (κ2) is 7.97. The maximum atomic E-state index is 12.4. The van der Waals surface area contributed by atoms with Gasteiger partial charge < -0.3 is 5.32 Å². The van der Waals surface area contributed by atoms with E-state index in [9.17, 15) is 14.9 Å². The number of nitro benzene ring substituents is 1. The molecule has 136 valence electrons. The van der Waals surface area contributed by atoms with Crippen molar-refractivity contribution < 1.29 is 9.72 Å². The van der Waals surface area contributed by atoms with Crippen LogP contribution in [0.3, 0.4) is 0 Å². The van der Waals surface area contributed by atoms with Crippen molar-refractivity contribution in [1.29, 1.82) is 0 Å². The molecule has 1 atom stereocenters. The van der Waals surface area contributed by atoms with Crippen LogP contribution in [0.2, 0.25) is 0 Å². The maximum Gasteiger partial charge on any atom is 0.270 e. The van der Waals surface area contributed by atoms with Gasteiger partial charge in [0.15, 0.2) is 0 Å². The number of rotatable bonds is 5. The molecule has 1 N–H and O–H groups in total. The molecule has 0 fully saturated rings. The summed E-state index contributed by atoms with van der Waals surface area (Å²) >= 11 is 3.28. The number of hydrogen-bond donors (Lipinski definition) is 1. The number of aryl methyl sites for hydroxylation is 1. The van der Waals surface area contributed by atoms with Gasteiger partial charge in [-0.25, -0.2) is 0 Å². The van der Waals surface area contributed by atoms with E-state index in [0.717, 1.165) is 19.3 Å². The Kier molecular flexibility index (Phi) is 5.68. The van der Waals surface area contributed by atoms with Crippen molar-refractivity contribution in [2.75, 3.05) is 18.9 Å². The fourth-order valence-corrected chi connectivity index (χ4v) is 3.90. The molecule has 0 spiro atoms. The van der Waals surface area contributed by atoms with Gasteiger partial charge in [-0.05, 0) is 59.4 Å². The molecule has 0 radical (unpaired) electrons. The Morgan fingerprint density at radius 3 is 2.85 bits per heavy atom. The molecule has 0 saturated heterocycles. The lowest BCUT2D eigenvalue weighted by Gasteiger charge is -2.32. The number of amides is 1. The van der Waals surface area contributed by atoms with Gasteiger partial charge in [0.2, 0.25) is 5.91 Å². The third-order valence-electron chi connectivity index (χ3n) is 4.70. The molecule has 1 unspecified atom stereocenters. The fourth-order valence-electron chi connectivity index (χ4n) is 3.43. The van der Waals surface area contributed by atoms with Crippen molar-refractivity contribution in [2.24, 2.45) is 0 Å². The molecule has 6 nitrogen and oxygen atoms in total. The van der Waals surface area contributed by atoms with Crippen LogP contribution in [0.25, 0.3) is 0 Å². The second-order valence-corrected chi connectivity index (χ2v) is 7.35. The summed E-state index contributed by atoms with van der Waals surface area (Å²) in [4.78, 5) is 24.8. The molecule has 0 heterocycles. The Hall–Kier alpha value is -2.25. The molecule has 2 aromatic rings. The van der Waals surface area contributed by atoms with E-state index in [2.05, 4.69) is 44.3 Å². The number of fused-ring (bicyclic) bond motifs is 1. The zero-order chi connectivity index (χ0) is 18.7. The van der Waals surface area contributed by atoms with Gasteiger partial charge in [-0.2, -0.15) is 0 Å². The minimum Gasteiger partial charge on any atom is -0.324 e.